The molecule has 1 heterocycles. The maximum absolute atomic E-state index is 10.9. The van der Waals surface area contributed by atoms with Gasteiger partial charge in [0.05, 0.1) is 24.7 Å². The summed E-state index contributed by atoms with van der Waals surface area (Å²) in [6.07, 6.45) is 1.32. The van der Waals surface area contributed by atoms with Gasteiger partial charge in [0.25, 0.3) is 0 Å². The third kappa shape index (κ3) is 3.31. The standard InChI is InChI=1S/C12H17N3O4/c1-2-19-11-5-10(13-6-14-11)15-8-3-7(12(17)18)4-9(8)16/h5-9,16H,2-4H2,1H3,(H,17,18)(H,13,14,15). The summed E-state index contributed by atoms with van der Waals surface area (Å²) < 4.78 is 5.25. The van der Waals surface area contributed by atoms with Crippen LogP contribution in [0.25, 0.3) is 0 Å². The van der Waals surface area contributed by atoms with Gasteiger partial charge in [0.15, 0.2) is 0 Å². The van der Waals surface area contributed by atoms with Crippen LogP contribution in [-0.2, 0) is 4.79 Å². The van der Waals surface area contributed by atoms with Crippen LogP contribution in [0.1, 0.15) is 19.8 Å². The van der Waals surface area contributed by atoms with Crippen LogP contribution in [-0.4, -0.2) is 44.9 Å². The molecule has 0 amide bonds. The fraction of sp³-hybridized carbons (Fsp3) is 0.583. The van der Waals surface area contributed by atoms with E-state index in [1.807, 2.05) is 6.92 Å². The number of aliphatic hydroxyl groups is 1. The Morgan fingerprint density at radius 2 is 2.32 bits per heavy atom. The van der Waals surface area contributed by atoms with Crippen molar-refractivity contribution in [2.45, 2.75) is 31.9 Å². The van der Waals surface area contributed by atoms with Crippen LogP contribution in [0.5, 0.6) is 5.88 Å². The van der Waals surface area contributed by atoms with Gasteiger partial charge >= 0.3 is 5.97 Å². The van der Waals surface area contributed by atoms with Gasteiger partial charge in [0.1, 0.15) is 12.1 Å². The molecule has 1 aliphatic carbocycles. The molecule has 2 rings (SSSR count). The summed E-state index contributed by atoms with van der Waals surface area (Å²) >= 11 is 0. The molecular formula is C12H17N3O4. The van der Waals surface area contributed by atoms with Crippen LogP contribution in [0, 0.1) is 5.92 Å². The van der Waals surface area contributed by atoms with E-state index in [1.165, 1.54) is 6.33 Å². The van der Waals surface area contributed by atoms with E-state index in [9.17, 15) is 9.90 Å². The number of ether oxygens (including phenoxy) is 1. The number of aliphatic hydroxyl groups excluding tert-OH is 1. The lowest BCUT2D eigenvalue weighted by Gasteiger charge is -2.17. The molecule has 1 saturated carbocycles. The van der Waals surface area contributed by atoms with Gasteiger partial charge in [0.2, 0.25) is 5.88 Å². The molecule has 1 aromatic rings. The monoisotopic (exact) mass is 267 g/mol. The molecule has 1 aliphatic rings. The molecule has 3 unspecified atom stereocenters. The Morgan fingerprint density at radius 3 is 2.95 bits per heavy atom. The van der Waals surface area contributed by atoms with Gasteiger partial charge in [-0.05, 0) is 19.8 Å². The van der Waals surface area contributed by atoms with Crippen molar-refractivity contribution in [2.75, 3.05) is 11.9 Å². The highest BCUT2D eigenvalue weighted by Crippen LogP contribution is 2.28. The van der Waals surface area contributed by atoms with Crippen molar-refractivity contribution in [2.24, 2.45) is 5.92 Å². The first-order valence-corrected chi connectivity index (χ1v) is 6.22. The Hall–Kier alpha value is -1.89. The Balaban J connectivity index is 2.01. The summed E-state index contributed by atoms with van der Waals surface area (Å²) in [6, 6.07) is 1.31. The predicted octanol–water partition coefficient (Wildman–Crippen LogP) is 0.511. The maximum Gasteiger partial charge on any atom is 0.306 e. The highest BCUT2D eigenvalue weighted by Gasteiger charge is 2.37. The quantitative estimate of drug-likeness (QED) is 0.714. The van der Waals surface area contributed by atoms with Crippen LogP contribution < -0.4 is 10.1 Å². The van der Waals surface area contributed by atoms with Crippen molar-refractivity contribution >= 4 is 11.8 Å². The number of hydrogen-bond acceptors (Lipinski definition) is 6. The van der Waals surface area contributed by atoms with Gasteiger partial charge < -0.3 is 20.3 Å². The third-order valence-corrected chi connectivity index (χ3v) is 3.15. The molecule has 3 atom stereocenters. The number of hydrogen-bond donors (Lipinski definition) is 3. The summed E-state index contributed by atoms with van der Waals surface area (Å²) in [5.74, 6) is -0.419. The summed E-state index contributed by atoms with van der Waals surface area (Å²) in [6.45, 7) is 2.36. The van der Waals surface area contributed by atoms with Gasteiger partial charge in [0, 0.05) is 6.07 Å². The second-order valence-corrected chi connectivity index (χ2v) is 4.50. The fourth-order valence-corrected chi connectivity index (χ4v) is 2.21. The zero-order chi connectivity index (χ0) is 13.8. The number of carboxylic acids is 1. The zero-order valence-electron chi connectivity index (χ0n) is 10.6. The summed E-state index contributed by atoms with van der Waals surface area (Å²) in [7, 11) is 0. The van der Waals surface area contributed by atoms with Gasteiger partial charge in [-0.15, -0.1) is 0 Å². The highest BCUT2D eigenvalue weighted by atomic mass is 16.5. The second kappa shape index (κ2) is 5.83. The molecule has 7 heteroatoms. The van der Waals surface area contributed by atoms with Crippen LogP contribution in [0.4, 0.5) is 5.82 Å². The normalized spacial score (nSPS) is 26.1. The molecule has 3 N–H and O–H groups in total. The van der Waals surface area contributed by atoms with E-state index >= 15 is 0 Å². The Bertz CT molecular complexity index is 454. The first-order chi connectivity index (χ1) is 9.10. The lowest BCUT2D eigenvalue weighted by molar-refractivity contribution is -0.141. The van der Waals surface area contributed by atoms with Crippen molar-refractivity contribution in [3.05, 3.63) is 12.4 Å². The van der Waals surface area contributed by atoms with E-state index in [-0.39, 0.29) is 12.5 Å². The van der Waals surface area contributed by atoms with Gasteiger partial charge in [-0.1, -0.05) is 0 Å². The molecule has 0 radical (unpaired) electrons. The van der Waals surface area contributed by atoms with E-state index in [1.54, 1.807) is 6.07 Å². The minimum Gasteiger partial charge on any atom is -0.481 e. The minimum absolute atomic E-state index is 0.260. The van der Waals surface area contributed by atoms with E-state index in [0.717, 1.165) is 0 Å². The molecule has 0 spiro atoms. The Morgan fingerprint density at radius 1 is 1.53 bits per heavy atom. The number of nitrogens with zero attached hydrogens (tertiary/aromatic N) is 2. The van der Waals surface area contributed by atoms with E-state index < -0.39 is 18.0 Å². The molecule has 0 saturated heterocycles. The molecule has 7 nitrogen and oxygen atoms in total. The first-order valence-electron chi connectivity index (χ1n) is 6.22. The number of nitrogens with one attached hydrogen (secondary N) is 1. The van der Waals surface area contributed by atoms with Gasteiger partial charge in [-0.25, -0.2) is 9.97 Å². The van der Waals surface area contributed by atoms with Crippen LogP contribution in [0.3, 0.4) is 0 Å². The van der Waals surface area contributed by atoms with Crippen molar-refractivity contribution in [1.29, 1.82) is 0 Å². The van der Waals surface area contributed by atoms with Crippen molar-refractivity contribution in [1.82, 2.24) is 9.97 Å². The Labute approximate surface area is 110 Å². The Kier molecular flexibility index (Phi) is 4.16. The van der Waals surface area contributed by atoms with Crippen molar-refractivity contribution in [3.63, 3.8) is 0 Å². The molecular weight excluding hydrogens is 250 g/mol. The number of rotatable bonds is 5. The first kappa shape index (κ1) is 13.5. The summed E-state index contributed by atoms with van der Waals surface area (Å²) in [4.78, 5) is 18.9. The molecule has 104 valence electrons. The molecule has 0 aliphatic heterocycles. The topological polar surface area (TPSA) is 105 Å². The fourth-order valence-electron chi connectivity index (χ4n) is 2.21. The van der Waals surface area contributed by atoms with Gasteiger partial charge in [-0.3, -0.25) is 4.79 Å². The summed E-state index contributed by atoms with van der Waals surface area (Å²) in [5, 5.41) is 21.8. The average Bonchev–Trinajstić information content (AvgIpc) is 2.72. The lowest BCUT2D eigenvalue weighted by atomic mass is 10.1. The average molecular weight is 267 g/mol. The van der Waals surface area contributed by atoms with Crippen LogP contribution in [0.15, 0.2) is 12.4 Å². The van der Waals surface area contributed by atoms with Gasteiger partial charge in [-0.2, -0.15) is 0 Å². The van der Waals surface area contributed by atoms with E-state index in [4.69, 9.17) is 9.84 Å². The number of carbonyl (C=O) groups is 1. The third-order valence-electron chi connectivity index (χ3n) is 3.15. The molecule has 1 aromatic heterocycles. The van der Waals surface area contributed by atoms with E-state index in [0.29, 0.717) is 24.7 Å². The molecule has 0 bridgehead atoms. The minimum atomic E-state index is -0.874. The van der Waals surface area contributed by atoms with E-state index in [2.05, 4.69) is 15.3 Å². The molecule has 1 fully saturated rings. The number of aliphatic carboxylic acids is 1. The summed E-state index contributed by atoms with van der Waals surface area (Å²) in [5.41, 5.74) is 0. The molecule has 19 heavy (non-hydrogen) atoms. The highest BCUT2D eigenvalue weighted by molar-refractivity contribution is 5.70. The second-order valence-electron chi connectivity index (χ2n) is 4.50. The van der Waals surface area contributed by atoms with Crippen molar-refractivity contribution < 1.29 is 19.7 Å². The lowest BCUT2D eigenvalue weighted by Crippen LogP contribution is -2.28. The smallest absolute Gasteiger partial charge is 0.306 e. The van der Waals surface area contributed by atoms with Crippen molar-refractivity contribution in [3.8, 4) is 5.88 Å². The van der Waals surface area contributed by atoms with Crippen LogP contribution >= 0.6 is 0 Å². The maximum atomic E-state index is 10.9. The number of carboxylic acid groups (broad SMARTS) is 1. The number of aromatic nitrogens is 2. The molecule has 0 aromatic carbocycles. The zero-order valence-corrected chi connectivity index (χ0v) is 10.6. The number of anilines is 1. The predicted molar refractivity (Wildman–Crippen MR) is 67.0 cm³/mol. The van der Waals surface area contributed by atoms with Crippen LogP contribution in [0.2, 0.25) is 0 Å². The SMILES string of the molecule is CCOc1cc(NC2CC(C(=O)O)CC2O)ncn1. The largest absolute Gasteiger partial charge is 0.481 e.